The molecular weight excluding hydrogens is 382 g/mol. The number of benzene rings is 1. The van der Waals surface area contributed by atoms with Crippen molar-refractivity contribution in [3.8, 4) is 0 Å². The first kappa shape index (κ1) is 21.1. The quantitative estimate of drug-likeness (QED) is 0.761. The second-order valence-electron chi connectivity index (χ2n) is 5.45. The molecule has 0 saturated carbocycles. The number of carbonyl (C=O) groups is 1. The summed E-state index contributed by atoms with van der Waals surface area (Å²) in [5, 5.41) is 11.1. The molecule has 6 nitrogen and oxygen atoms in total. The Labute approximate surface area is 151 Å². The van der Waals surface area contributed by atoms with Gasteiger partial charge in [-0.15, -0.1) is 12.4 Å². The van der Waals surface area contributed by atoms with Crippen LogP contribution in [0.4, 0.5) is 4.39 Å². The molecule has 136 valence electrons. The molecular formula is C14H19Cl2FN2O4S. The van der Waals surface area contributed by atoms with Gasteiger partial charge in [-0.05, 0) is 37.4 Å². The van der Waals surface area contributed by atoms with E-state index in [1.165, 1.54) is 22.5 Å². The van der Waals surface area contributed by atoms with Crippen LogP contribution in [0.1, 0.15) is 12.8 Å². The summed E-state index contributed by atoms with van der Waals surface area (Å²) >= 11 is 5.66. The van der Waals surface area contributed by atoms with Crippen LogP contribution in [0.5, 0.6) is 0 Å². The van der Waals surface area contributed by atoms with Crippen LogP contribution in [-0.4, -0.2) is 50.0 Å². The number of hydrogen-bond donors (Lipinski definition) is 2. The lowest BCUT2D eigenvalue weighted by molar-refractivity contribution is -0.136. The smallest absolute Gasteiger partial charge is 0.317 e. The Morgan fingerprint density at radius 3 is 2.83 bits per heavy atom. The van der Waals surface area contributed by atoms with Crippen LogP contribution in [0.25, 0.3) is 0 Å². The molecule has 10 heteroatoms. The number of hydrogen-bond acceptors (Lipinski definition) is 4. The minimum atomic E-state index is -3.96. The molecule has 1 aliphatic heterocycles. The lowest BCUT2D eigenvalue weighted by Gasteiger charge is -2.32. The van der Waals surface area contributed by atoms with Crippen LogP contribution in [0.2, 0.25) is 5.02 Å². The van der Waals surface area contributed by atoms with E-state index in [0.717, 1.165) is 6.42 Å². The van der Waals surface area contributed by atoms with Gasteiger partial charge in [0.25, 0.3) is 0 Å². The SMILES string of the molecule is Cl.O=C(O)CNCC1CCCN(S(=O)(=O)c2cccc(Cl)c2F)C1. The molecule has 1 fully saturated rings. The van der Waals surface area contributed by atoms with E-state index in [9.17, 15) is 17.6 Å². The topological polar surface area (TPSA) is 86.7 Å². The van der Waals surface area contributed by atoms with Gasteiger partial charge in [-0.3, -0.25) is 4.79 Å². The Morgan fingerprint density at radius 2 is 2.17 bits per heavy atom. The average molecular weight is 401 g/mol. The summed E-state index contributed by atoms with van der Waals surface area (Å²) in [4.78, 5) is 10.1. The average Bonchev–Trinajstić information content (AvgIpc) is 2.50. The van der Waals surface area contributed by atoms with Crippen molar-refractivity contribution in [1.29, 1.82) is 0 Å². The lowest BCUT2D eigenvalue weighted by atomic mass is 10.00. The van der Waals surface area contributed by atoms with E-state index in [2.05, 4.69) is 5.32 Å². The standard InChI is InChI=1S/C14H18ClFN2O4S.ClH/c15-11-4-1-5-12(14(11)16)23(21,22)18-6-2-3-10(9-18)7-17-8-13(19)20;/h1,4-5,10,17H,2-3,6-9H2,(H,19,20);1H. The second kappa shape index (κ2) is 8.96. The summed E-state index contributed by atoms with van der Waals surface area (Å²) in [6.07, 6.45) is 1.43. The van der Waals surface area contributed by atoms with Crippen LogP contribution in [0, 0.1) is 11.7 Å². The number of aliphatic carboxylic acids is 1. The molecule has 1 aromatic rings. The first-order valence-electron chi connectivity index (χ1n) is 7.19. The molecule has 0 aliphatic carbocycles. The van der Waals surface area contributed by atoms with E-state index in [-0.39, 0.29) is 36.4 Å². The summed E-state index contributed by atoms with van der Waals surface area (Å²) in [6.45, 7) is 0.757. The molecule has 2 N–H and O–H groups in total. The van der Waals surface area contributed by atoms with Crippen LogP contribution in [-0.2, 0) is 14.8 Å². The summed E-state index contributed by atoms with van der Waals surface area (Å²) in [5.74, 6) is -1.92. The highest BCUT2D eigenvalue weighted by Gasteiger charge is 2.32. The number of nitrogens with zero attached hydrogens (tertiary/aromatic N) is 1. The summed E-state index contributed by atoms with van der Waals surface area (Å²) in [6, 6.07) is 3.89. The third-order valence-electron chi connectivity index (χ3n) is 3.72. The summed E-state index contributed by atoms with van der Waals surface area (Å²) < 4.78 is 40.5. The molecule has 0 aromatic heterocycles. The first-order valence-corrected chi connectivity index (χ1v) is 9.01. The molecule has 1 heterocycles. The van der Waals surface area contributed by atoms with Crippen molar-refractivity contribution in [3.63, 3.8) is 0 Å². The Morgan fingerprint density at radius 1 is 1.46 bits per heavy atom. The monoisotopic (exact) mass is 400 g/mol. The number of halogens is 3. The maximum Gasteiger partial charge on any atom is 0.317 e. The van der Waals surface area contributed by atoms with Crippen molar-refractivity contribution in [2.75, 3.05) is 26.2 Å². The molecule has 0 amide bonds. The fraction of sp³-hybridized carbons (Fsp3) is 0.500. The molecule has 1 saturated heterocycles. The Kier molecular flexibility index (Phi) is 7.88. The van der Waals surface area contributed by atoms with Crippen LogP contribution in [0.3, 0.4) is 0 Å². The van der Waals surface area contributed by atoms with Gasteiger partial charge in [0.05, 0.1) is 11.6 Å². The molecule has 2 rings (SSSR count). The van der Waals surface area contributed by atoms with Crippen molar-refractivity contribution in [1.82, 2.24) is 9.62 Å². The number of carboxylic acid groups (broad SMARTS) is 1. The van der Waals surface area contributed by atoms with Gasteiger partial charge in [0, 0.05) is 13.1 Å². The van der Waals surface area contributed by atoms with E-state index in [4.69, 9.17) is 16.7 Å². The normalized spacial score (nSPS) is 18.8. The van der Waals surface area contributed by atoms with Crippen molar-refractivity contribution in [2.45, 2.75) is 17.7 Å². The molecule has 1 atom stereocenters. The highest BCUT2D eigenvalue weighted by atomic mass is 35.5. The maximum absolute atomic E-state index is 14.0. The fourth-order valence-corrected chi connectivity index (χ4v) is 4.49. The van der Waals surface area contributed by atoms with Crippen molar-refractivity contribution in [2.24, 2.45) is 5.92 Å². The van der Waals surface area contributed by atoms with Gasteiger partial charge in [0.15, 0.2) is 5.82 Å². The molecule has 1 aromatic carbocycles. The number of sulfonamides is 1. The number of carboxylic acids is 1. The zero-order chi connectivity index (χ0) is 17.0. The lowest BCUT2D eigenvalue weighted by Crippen LogP contribution is -2.43. The zero-order valence-electron chi connectivity index (χ0n) is 12.7. The van der Waals surface area contributed by atoms with Crippen LogP contribution >= 0.6 is 24.0 Å². The predicted octanol–water partition coefficient (Wildman–Crippen LogP) is 1.98. The van der Waals surface area contributed by atoms with E-state index in [0.29, 0.717) is 19.5 Å². The highest BCUT2D eigenvalue weighted by molar-refractivity contribution is 7.89. The number of nitrogens with one attached hydrogen (secondary N) is 1. The highest BCUT2D eigenvalue weighted by Crippen LogP contribution is 2.27. The molecule has 0 spiro atoms. The number of rotatable bonds is 6. The third kappa shape index (κ3) is 5.03. The molecule has 1 aliphatic rings. The second-order valence-corrected chi connectivity index (χ2v) is 7.76. The van der Waals surface area contributed by atoms with Gasteiger partial charge in [-0.25, -0.2) is 12.8 Å². The van der Waals surface area contributed by atoms with Gasteiger partial charge in [-0.2, -0.15) is 4.31 Å². The van der Waals surface area contributed by atoms with Gasteiger partial charge >= 0.3 is 5.97 Å². The van der Waals surface area contributed by atoms with Crippen LogP contribution < -0.4 is 5.32 Å². The Bertz CT molecular complexity index is 687. The Hall–Kier alpha value is -0.930. The van der Waals surface area contributed by atoms with E-state index in [1.54, 1.807) is 0 Å². The van der Waals surface area contributed by atoms with Gasteiger partial charge in [-0.1, -0.05) is 17.7 Å². The van der Waals surface area contributed by atoms with E-state index >= 15 is 0 Å². The minimum Gasteiger partial charge on any atom is -0.480 e. The van der Waals surface area contributed by atoms with Gasteiger partial charge in [0.2, 0.25) is 10.0 Å². The van der Waals surface area contributed by atoms with E-state index < -0.39 is 26.7 Å². The van der Waals surface area contributed by atoms with Crippen molar-refractivity contribution in [3.05, 3.63) is 29.0 Å². The molecule has 24 heavy (non-hydrogen) atoms. The maximum atomic E-state index is 14.0. The van der Waals surface area contributed by atoms with E-state index in [1.807, 2.05) is 0 Å². The Balaban J connectivity index is 0.00000288. The van der Waals surface area contributed by atoms with Crippen molar-refractivity contribution < 1.29 is 22.7 Å². The summed E-state index contributed by atoms with van der Waals surface area (Å²) in [5.41, 5.74) is 0. The molecule has 0 bridgehead atoms. The van der Waals surface area contributed by atoms with Gasteiger partial charge < -0.3 is 10.4 Å². The third-order valence-corrected chi connectivity index (χ3v) is 5.90. The fourth-order valence-electron chi connectivity index (χ4n) is 2.62. The molecule has 1 unspecified atom stereocenters. The van der Waals surface area contributed by atoms with Gasteiger partial charge in [0.1, 0.15) is 4.90 Å². The largest absolute Gasteiger partial charge is 0.480 e. The zero-order valence-corrected chi connectivity index (χ0v) is 15.1. The summed E-state index contributed by atoms with van der Waals surface area (Å²) in [7, 11) is -3.96. The minimum absolute atomic E-state index is 0. The predicted molar refractivity (Wildman–Crippen MR) is 90.6 cm³/mol. The molecule has 0 radical (unpaired) electrons. The van der Waals surface area contributed by atoms with Crippen LogP contribution in [0.15, 0.2) is 23.1 Å². The first-order chi connectivity index (χ1) is 10.8. The number of piperidine rings is 1. The van der Waals surface area contributed by atoms with Crippen molar-refractivity contribution >= 4 is 40.0 Å².